The van der Waals surface area contributed by atoms with Crippen LogP contribution in [0.1, 0.15) is 40.4 Å². The molecule has 0 bridgehead atoms. The highest BCUT2D eigenvalue weighted by Crippen LogP contribution is 2.41. The molecule has 1 atom stereocenters. The van der Waals surface area contributed by atoms with Gasteiger partial charge in [-0.3, -0.25) is 4.79 Å². The van der Waals surface area contributed by atoms with E-state index in [9.17, 15) is 13.6 Å². The number of amides is 1. The summed E-state index contributed by atoms with van der Waals surface area (Å²) in [5.74, 6) is -2.04. The lowest BCUT2D eigenvalue weighted by molar-refractivity contribution is 0.0923. The smallest absolute Gasteiger partial charge is 0.257 e. The molecule has 0 spiro atoms. The van der Waals surface area contributed by atoms with Crippen molar-refractivity contribution in [1.29, 1.82) is 0 Å². The zero-order valence-corrected chi connectivity index (χ0v) is 12.3. The minimum absolute atomic E-state index is 0.202. The number of halogens is 2. The lowest BCUT2D eigenvalue weighted by Crippen LogP contribution is -2.31. The fourth-order valence-electron chi connectivity index (χ4n) is 2.60. The number of carbonyl (C=O) groups excluding carboxylic acids is 1. The number of hydrogen-bond acceptors (Lipinski definition) is 1. The van der Waals surface area contributed by atoms with Crippen molar-refractivity contribution in [3.63, 3.8) is 0 Å². The van der Waals surface area contributed by atoms with Crippen LogP contribution in [0.3, 0.4) is 0 Å². The van der Waals surface area contributed by atoms with Crippen molar-refractivity contribution in [3.8, 4) is 0 Å². The van der Waals surface area contributed by atoms with Crippen LogP contribution < -0.4 is 5.32 Å². The first kappa shape index (κ1) is 14.7. The van der Waals surface area contributed by atoms with Gasteiger partial charge in [-0.05, 0) is 43.4 Å². The second-order valence-electron chi connectivity index (χ2n) is 5.80. The summed E-state index contributed by atoms with van der Waals surface area (Å²) < 4.78 is 27.4. The fourth-order valence-corrected chi connectivity index (χ4v) is 2.60. The highest BCUT2D eigenvalue weighted by molar-refractivity contribution is 5.95. The summed E-state index contributed by atoms with van der Waals surface area (Å²) in [5.41, 5.74) is 1.59. The van der Waals surface area contributed by atoms with E-state index in [2.05, 4.69) is 5.32 Å². The molecule has 1 saturated carbocycles. The molecule has 0 aromatic heterocycles. The largest absolute Gasteiger partial charge is 0.345 e. The van der Waals surface area contributed by atoms with Gasteiger partial charge in [0.1, 0.15) is 17.2 Å². The molecule has 114 valence electrons. The molecule has 4 heteroatoms. The zero-order chi connectivity index (χ0) is 15.7. The molecule has 0 saturated heterocycles. The molecule has 1 fully saturated rings. The van der Waals surface area contributed by atoms with Gasteiger partial charge >= 0.3 is 0 Å². The first-order valence-corrected chi connectivity index (χ1v) is 7.37. The molecule has 2 nitrogen and oxygen atoms in total. The van der Waals surface area contributed by atoms with Crippen molar-refractivity contribution >= 4 is 5.91 Å². The van der Waals surface area contributed by atoms with Crippen LogP contribution in [0.25, 0.3) is 0 Å². The standard InChI is InChI=1S/C18H17F2NO/c1-11-5-7-12(8-6-11)17(13-9-10-13)21-18(22)16-14(19)3-2-4-15(16)20/h2-8,13,17H,9-10H2,1H3,(H,21,22). The summed E-state index contributed by atoms with van der Waals surface area (Å²) in [4.78, 5) is 12.3. The predicted octanol–water partition coefficient (Wildman–Crippen LogP) is 4.15. The molecule has 0 radical (unpaired) electrons. The van der Waals surface area contributed by atoms with Crippen LogP contribution in [0.4, 0.5) is 8.78 Å². The van der Waals surface area contributed by atoms with Crippen LogP contribution in [0.5, 0.6) is 0 Å². The van der Waals surface area contributed by atoms with E-state index in [4.69, 9.17) is 0 Å². The third-order valence-corrected chi connectivity index (χ3v) is 4.01. The molecular formula is C18H17F2NO. The van der Waals surface area contributed by atoms with E-state index in [0.717, 1.165) is 36.1 Å². The van der Waals surface area contributed by atoms with Gasteiger partial charge in [-0.1, -0.05) is 35.9 Å². The molecule has 0 aliphatic heterocycles. The summed E-state index contributed by atoms with van der Waals surface area (Å²) in [6, 6.07) is 11.1. The van der Waals surface area contributed by atoms with Crippen molar-refractivity contribution in [1.82, 2.24) is 5.32 Å². The molecule has 1 aliphatic rings. The molecular weight excluding hydrogens is 284 g/mol. The molecule has 1 aliphatic carbocycles. The van der Waals surface area contributed by atoms with E-state index in [1.54, 1.807) is 0 Å². The Morgan fingerprint density at radius 3 is 2.23 bits per heavy atom. The van der Waals surface area contributed by atoms with Crippen LogP contribution in [0.15, 0.2) is 42.5 Å². The highest BCUT2D eigenvalue weighted by Gasteiger charge is 2.34. The van der Waals surface area contributed by atoms with Gasteiger partial charge in [-0.2, -0.15) is 0 Å². The molecule has 2 aromatic rings. The van der Waals surface area contributed by atoms with Crippen molar-refractivity contribution in [2.45, 2.75) is 25.8 Å². The molecule has 1 amide bonds. The number of aryl methyl sites for hydroxylation is 1. The minimum Gasteiger partial charge on any atom is -0.345 e. The van der Waals surface area contributed by atoms with E-state index in [1.807, 2.05) is 31.2 Å². The topological polar surface area (TPSA) is 29.1 Å². The average molecular weight is 301 g/mol. The summed E-state index contributed by atoms with van der Waals surface area (Å²) in [7, 11) is 0. The maximum absolute atomic E-state index is 13.7. The number of hydrogen-bond donors (Lipinski definition) is 1. The minimum atomic E-state index is -0.837. The van der Waals surface area contributed by atoms with Gasteiger partial charge in [-0.15, -0.1) is 0 Å². The summed E-state index contributed by atoms with van der Waals surface area (Å²) >= 11 is 0. The molecule has 22 heavy (non-hydrogen) atoms. The van der Waals surface area contributed by atoms with Gasteiger partial charge in [0.05, 0.1) is 6.04 Å². The molecule has 3 rings (SSSR count). The van der Waals surface area contributed by atoms with Crippen LogP contribution in [0.2, 0.25) is 0 Å². The van der Waals surface area contributed by atoms with E-state index in [1.165, 1.54) is 6.07 Å². The van der Waals surface area contributed by atoms with Crippen molar-refractivity contribution in [2.24, 2.45) is 5.92 Å². The summed E-state index contributed by atoms with van der Waals surface area (Å²) in [5, 5.41) is 2.79. The fraction of sp³-hybridized carbons (Fsp3) is 0.278. The van der Waals surface area contributed by atoms with Crippen LogP contribution in [-0.2, 0) is 0 Å². The first-order chi connectivity index (χ1) is 10.6. The van der Waals surface area contributed by atoms with E-state index in [-0.39, 0.29) is 6.04 Å². The number of carbonyl (C=O) groups is 1. The third-order valence-electron chi connectivity index (χ3n) is 4.01. The summed E-state index contributed by atoms with van der Waals surface area (Å²) in [6.07, 6.45) is 2.02. The Bertz CT molecular complexity index is 672. The number of benzene rings is 2. The van der Waals surface area contributed by atoms with Gasteiger partial charge in [0.25, 0.3) is 5.91 Å². The summed E-state index contributed by atoms with van der Waals surface area (Å²) in [6.45, 7) is 1.99. The Balaban J connectivity index is 1.85. The van der Waals surface area contributed by atoms with Crippen molar-refractivity contribution in [3.05, 3.63) is 70.8 Å². The third kappa shape index (κ3) is 3.01. The first-order valence-electron chi connectivity index (χ1n) is 7.37. The van der Waals surface area contributed by atoms with Gasteiger partial charge in [0.15, 0.2) is 0 Å². The maximum atomic E-state index is 13.7. The Morgan fingerprint density at radius 2 is 1.68 bits per heavy atom. The van der Waals surface area contributed by atoms with Crippen molar-refractivity contribution < 1.29 is 13.6 Å². The van der Waals surface area contributed by atoms with Crippen LogP contribution >= 0.6 is 0 Å². The van der Waals surface area contributed by atoms with E-state index >= 15 is 0 Å². The maximum Gasteiger partial charge on any atom is 0.257 e. The monoisotopic (exact) mass is 301 g/mol. The zero-order valence-electron chi connectivity index (χ0n) is 12.3. The lowest BCUT2D eigenvalue weighted by Gasteiger charge is -2.19. The Morgan fingerprint density at radius 1 is 1.09 bits per heavy atom. The second kappa shape index (κ2) is 5.87. The van der Waals surface area contributed by atoms with Gasteiger partial charge in [-0.25, -0.2) is 8.78 Å². The van der Waals surface area contributed by atoms with E-state index < -0.39 is 23.1 Å². The molecule has 1 unspecified atom stereocenters. The average Bonchev–Trinajstić information content (AvgIpc) is 3.30. The molecule has 0 heterocycles. The predicted molar refractivity (Wildman–Crippen MR) is 80.5 cm³/mol. The molecule has 2 aromatic carbocycles. The van der Waals surface area contributed by atoms with Crippen LogP contribution in [0, 0.1) is 24.5 Å². The van der Waals surface area contributed by atoms with Gasteiger partial charge in [0.2, 0.25) is 0 Å². The SMILES string of the molecule is Cc1ccc(C(NC(=O)c2c(F)cccc2F)C2CC2)cc1. The lowest BCUT2D eigenvalue weighted by atomic mass is 10.0. The number of nitrogens with one attached hydrogen (secondary N) is 1. The van der Waals surface area contributed by atoms with Crippen LogP contribution in [-0.4, -0.2) is 5.91 Å². The number of rotatable bonds is 4. The highest BCUT2D eigenvalue weighted by atomic mass is 19.1. The Hall–Kier alpha value is -2.23. The van der Waals surface area contributed by atoms with Gasteiger partial charge in [0, 0.05) is 0 Å². The normalized spacial score (nSPS) is 15.4. The van der Waals surface area contributed by atoms with Crippen molar-refractivity contribution in [2.75, 3.05) is 0 Å². The quantitative estimate of drug-likeness (QED) is 0.903. The second-order valence-corrected chi connectivity index (χ2v) is 5.80. The Labute approximate surface area is 128 Å². The van der Waals surface area contributed by atoms with E-state index in [0.29, 0.717) is 5.92 Å². The molecule has 1 N–H and O–H groups in total. The van der Waals surface area contributed by atoms with Gasteiger partial charge < -0.3 is 5.32 Å². The Kier molecular flexibility index (Phi) is 3.92.